The molecule has 0 bridgehead atoms. The second kappa shape index (κ2) is 9.86. The SMILES string of the molecule is CN=C(NCCCn1c(C)nc2ccccc21)NCc1cnc(C)s1.I. The van der Waals surface area contributed by atoms with E-state index in [2.05, 4.69) is 55.3 Å². The van der Waals surface area contributed by atoms with Crippen LogP contribution in [0.15, 0.2) is 35.5 Å². The van der Waals surface area contributed by atoms with Gasteiger partial charge in [0, 0.05) is 31.2 Å². The highest BCUT2D eigenvalue weighted by atomic mass is 127. The van der Waals surface area contributed by atoms with Crippen LogP contribution in [0.3, 0.4) is 0 Å². The molecule has 0 amide bonds. The van der Waals surface area contributed by atoms with Crippen molar-refractivity contribution in [3.05, 3.63) is 46.2 Å². The monoisotopic (exact) mass is 484 g/mol. The summed E-state index contributed by atoms with van der Waals surface area (Å²) in [6, 6.07) is 8.27. The van der Waals surface area contributed by atoms with Crippen molar-refractivity contribution in [3.8, 4) is 0 Å². The van der Waals surface area contributed by atoms with Crippen LogP contribution >= 0.6 is 35.3 Å². The predicted molar refractivity (Wildman–Crippen MR) is 120 cm³/mol. The number of fused-ring (bicyclic) bond motifs is 1. The summed E-state index contributed by atoms with van der Waals surface area (Å²) in [4.78, 5) is 14.4. The molecule has 2 aromatic heterocycles. The van der Waals surface area contributed by atoms with Crippen molar-refractivity contribution in [2.75, 3.05) is 13.6 Å². The fourth-order valence-electron chi connectivity index (χ4n) is 2.80. The third-order valence-electron chi connectivity index (χ3n) is 4.02. The van der Waals surface area contributed by atoms with Crippen molar-refractivity contribution >= 4 is 52.3 Å². The molecule has 140 valence electrons. The van der Waals surface area contributed by atoms with Gasteiger partial charge in [-0.25, -0.2) is 9.97 Å². The molecule has 0 radical (unpaired) electrons. The largest absolute Gasteiger partial charge is 0.356 e. The van der Waals surface area contributed by atoms with Gasteiger partial charge < -0.3 is 15.2 Å². The number of aryl methyl sites for hydroxylation is 3. The Bertz CT molecular complexity index is 870. The number of nitrogens with one attached hydrogen (secondary N) is 2. The van der Waals surface area contributed by atoms with E-state index < -0.39 is 0 Å². The first-order valence-electron chi connectivity index (χ1n) is 8.45. The molecular weight excluding hydrogens is 459 g/mol. The molecule has 0 unspecified atom stereocenters. The normalized spacial score (nSPS) is 11.4. The molecule has 0 aliphatic rings. The lowest BCUT2D eigenvalue weighted by atomic mass is 10.3. The minimum absolute atomic E-state index is 0. The summed E-state index contributed by atoms with van der Waals surface area (Å²) >= 11 is 1.70. The highest BCUT2D eigenvalue weighted by Crippen LogP contribution is 2.15. The lowest BCUT2D eigenvalue weighted by Gasteiger charge is -2.12. The van der Waals surface area contributed by atoms with Gasteiger partial charge in [-0.15, -0.1) is 35.3 Å². The Morgan fingerprint density at radius 2 is 2.04 bits per heavy atom. The van der Waals surface area contributed by atoms with Crippen LogP contribution in [0.4, 0.5) is 0 Å². The molecule has 0 aliphatic heterocycles. The number of rotatable bonds is 6. The topological polar surface area (TPSA) is 67.1 Å². The lowest BCUT2D eigenvalue weighted by molar-refractivity contribution is 0.624. The Morgan fingerprint density at radius 3 is 2.77 bits per heavy atom. The maximum absolute atomic E-state index is 4.61. The van der Waals surface area contributed by atoms with E-state index in [0.29, 0.717) is 0 Å². The van der Waals surface area contributed by atoms with Crippen molar-refractivity contribution in [3.63, 3.8) is 0 Å². The number of hydrogen-bond acceptors (Lipinski definition) is 4. The van der Waals surface area contributed by atoms with Gasteiger partial charge in [-0.1, -0.05) is 12.1 Å². The van der Waals surface area contributed by atoms with E-state index in [1.54, 1.807) is 18.4 Å². The van der Waals surface area contributed by atoms with Crippen LogP contribution in [0.25, 0.3) is 11.0 Å². The first-order valence-corrected chi connectivity index (χ1v) is 9.26. The molecule has 0 atom stereocenters. The van der Waals surface area contributed by atoms with Gasteiger partial charge in [-0.2, -0.15) is 0 Å². The number of guanidine groups is 1. The standard InChI is InChI=1S/C18H24N6S.HI/c1-13-23-16-7-4-5-8-17(16)24(13)10-6-9-20-18(19-3)22-12-15-11-21-14(2)25-15;/h4-5,7-8,11H,6,9-10,12H2,1-3H3,(H2,19,20,22);1H. The number of aromatic nitrogens is 3. The molecule has 0 aliphatic carbocycles. The van der Waals surface area contributed by atoms with E-state index in [0.717, 1.165) is 48.4 Å². The minimum Gasteiger partial charge on any atom is -0.356 e. The third-order valence-corrected chi connectivity index (χ3v) is 4.93. The Labute approximate surface area is 175 Å². The number of para-hydroxylation sites is 2. The van der Waals surface area contributed by atoms with Crippen LogP contribution in [0, 0.1) is 13.8 Å². The van der Waals surface area contributed by atoms with E-state index >= 15 is 0 Å². The van der Waals surface area contributed by atoms with Crippen LogP contribution in [0.2, 0.25) is 0 Å². The van der Waals surface area contributed by atoms with Crippen LogP contribution in [0.1, 0.15) is 22.1 Å². The van der Waals surface area contributed by atoms with Crippen LogP contribution in [-0.2, 0) is 13.1 Å². The molecule has 2 heterocycles. The number of thiazole rings is 1. The maximum Gasteiger partial charge on any atom is 0.191 e. The number of nitrogens with zero attached hydrogens (tertiary/aromatic N) is 4. The molecule has 1 aromatic carbocycles. The first kappa shape index (κ1) is 20.6. The summed E-state index contributed by atoms with van der Waals surface area (Å²) in [5.41, 5.74) is 2.26. The van der Waals surface area contributed by atoms with Crippen molar-refractivity contribution < 1.29 is 0 Å². The van der Waals surface area contributed by atoms with Gasteiger partial charge in [0.25, 0.3) is 0 Å². The van der Waals surface area contributed by atoms with Crippen molar-refractivity contribution in [2.45, 2.75) is 33.4 Å². The lowest BCUT2D eigenvalue weighted by Crippen LogP contribution is -2.37. The van der Waals surface area contributed by atoms with E-state index in [9.17, 15) is 0 Å². The fraction of sp³-hybridized carbons (Fsp3) is 0.389. The highest BCUT2D eigenvalue weighted by molar-refractivity contribution is 14.0. The van der Waals surface area contributed by atoms with Gasteiger partial charge in [0.1, 0.15) is 5.82 Å². The molecule has 8 heteroatoms. The number of halogens is 1. The second-order valence-corrected chi connectivity index (χ2v) is 7.17. The fourth-order valence-corrected chi connectivity index (χ4v) is 3.54. The minimum atomic E-state index is 0. The Hall–Kier alpha value is -1.68. The maximum atomic E-state index is 4.61. The Morgan fingerprint density at radius 1 is 1.23 bits per heavy atom. The number of imidazole rings is 1. The molecule has 0 spiro atoms. The highest BCUT2D eigenvalue weighted by Gasteiger charge is 2.06. The van der Waals surface area contributed by atoms with Gasteiger partial charge >= 0.3 is 0 Å². The quantitative estimate of drug-likeness (QED) is 0.243. The first-order chi connectivity index (χ1) is 12.2. The molecule has 0 saturated heterocycles. The Balaban J connectivity index is 0.00000243. The van der Waals surface area contributed by atoms with Gasteiger partial charge in [0.15, 0.2) is 5.96 Å². The Kier molecular flexibility index (Phi) is 7.83. The summed E-state index contributed by atoms with van der Waals surface area (Å²) < 4.78 is 2.27. The van der Waals surface area contributed by atoms with Crippen LogP contribution in [0.5, 0.6) is 0 Å². The summed E-state index contributed by atoms with van der Waals surface area (Å²) in [6.45, 7) is 6.61. The van der Waals surface area contributed by atoms with Gasteiger partial charge in [-0.05, 0) is 32.4 Å². The van der Waals surface area contributed by atoms with Gasteiger partial charge in [-0.3, -0.25) is 4.99 Å². The molecule has 3 aromatic rings. The molecule has 2 N–H and O–H groups in total. The van der Waals surface area contributed by atoms with E-state index in [1.165, 1.54) is 10.4 Å². The van der Waals surface area contributed by atoms with Crippen LogP contribution in [-0.4, -0.2) is 34.1 Å². The van der Waals surface area contributed by atoms with Crippen LogP contribution < -0.4 is 10.6 Å². The summed E-state index contributed by atoms with van der Waals surface area (Å²) in [7, 11) is 1.79. The average Bonchev–Trinajstić information content (AvgIpc) is 3.17. The average molecular weight is 484 g/mol. The van der Waals surface area contributed by atoms with Crippen molar-refractivity contribution in [1.82, 2.24) is 25.2 Å². The van der Waals surface area contributed by atoms with Crippen molar-refractivity contribution in [1.29, 1.82) is 0 Å². The molecule has 0 fully saturated rings. The molecule has 6 nitrogen and oxygen atoms in total. The molecule has 26 heavy (non-hydrogen) atoms. The van der Waals surface area contributed by atoms with Crippen molar-refractivity contribution in [2.24, 2.45) is 4.99 Å². The zero-order valence-electron chi connectivity index (χ0n) is 15.3. The summed E-state index contributed by atoms with van der Waals surface area (Å²) in [5.74, 6) is 1.88. The number of aliphatic imine (C=N–C) groups is 1. The second-order valence-electron chi connectivity index (χ2n) is 5.85. The molecular formula is C18H25IN6S. The van der Waals surface area contributed by atoms with E-state index in [1.807, 2.05) is 19.2 Å². The number of benzene rings is 1. The summed E-state index contributed by atoms with van der Waals surface area (Å²) in [6.07, 6.45) is 2.91. The molecule has 3 rings (SSSR count). The predicted octanol–water partition coefficient (Wildman–Crippen LogP) is 3.48. The molecule has 0 saturated carbocycles. The smallest absolute Gasteiger partial charge is 0.191 e. The van der Waals surface area contributed by atoms with E-state index in [4.69, 9.17) is 0 Å². The van der Waals surface area contributed by atoms with Gasteiger partial charge in [0.05, 0.1) is 22.6 Å². The third kappa shape index (κ3) is 5.16. The zero-order valence-corrected chi connectivity index (χ0v) is 18.5. The van der Waals surface area contributed by atoms with Gasteiger partial charge in [0.2, 0.25) is 0 Å². The van der Waals surface area contributed by atoms with E-state index in [-0.39, 0.29) is 24.0 Å². The number of hydrogen-bond donors (Lipinski definition) is 2. The summed E-state index contributed by atoms with van der Waals surface area (Å²) in [5, 5.41) is 7.78. The zero-order chi connectivity index (χ0) is 17.6.